The van der Waals surface area contributed by atoms with Crippen molar-refractivity contribution in [1.29, 1.82) is 0 Å². The number of likely N-dealkylation sites (tertiary alicyclic amines) is 1. The van der Waals surface area contributed by atoms with Crippen LogP contribution in [0.25, 0.3) is 11.0 Å². The first-order chi connectivity index (χ1) is 8.74. The molecule has 2 aromatic rings. The average Bonchev–Trinajstić information content (AvgIpc) is 2.69. The van der Waals surface area contributed by atoms with Crippen LogP contribution in [0.5, 0.6) is 0 Å². The summed E-state index contributed by atoms with van der Waals surface area (Å²) in [5.74, 6) is 1.05. The Morgan fingerprint density at radius 1 is 1.26 bits per heavy atom. The molecule has 1 aliphatic heterocycles. The quantitative estimate of drug-likeness (QED) is 0.919. The van der Waals surface area contributed by atoms with Crippen molar-refractivity contribution in [1.82, 2.24) is 4.90 Å². The van der Waals surface area contributed by atoms with E-state index in [1.807, 2.05) is 12.1 Å². The van der Waals surface area contributed by atoms with Gasteiger partial charge in [-0.2, -0.15) is 0 Å². The molecule has 0 amide bonds. The maximum atomic E-state index is 5.95. The molecule has 1 aromatic carbocycles. The van der Waals surface area contributed by atoms with Gasteiger partial charge in [-0.1, -0.05) is 18.2 Å². The van der Waals surface area contributed by atoms with Gasteiger partial charge in [0.1, 0.15) is 11.3 Å². The van der Waals surface area contributed by atoms with Gasteiger partial charge in [0.2, 0.25) is 0 Å². The van der Waals surface area contributed by atoms with Crippen LogP contribution in [0, 0.1) is 6.92 Å². The van der Waals surface area contributed by atoms with Crippen molar-refractivity contribution in [2.75, 3.05) is 13.1 Å². The molecule has 104 valence electrons. The van der Waals surface area contributed by atoms with Crippen molar-refractivity contribution < 1.29 is 4.42 Å². The third kappa shape index (κ3) is 2.94. The fourth-order valence-corrected chi connectivity index (χ4v) is 2.75. The predicted octanol–water partition coefficient (Wildman–Crippen LogP) is 3.09. The topological polar surface area (TPSA) is 42.4 Å². The number of furan rings is 1. The number of nitrogens with two attached hydrogens (primary N) is 1. The number of aryl methyl sites for hydroxylation is 1. The monoisotopic (exact) mass is 280 g/mol. The largest absolute Gasteiger partial charge is 0.461 e. The SMILES string of the molecule is Cc1oc2ccccc2c1CN1CCC(N)CC1.Cl. The van der Waals surface area contributed by atoms with Crippen LogP contribution in [0.15, 0.2) is 28.7 Å². The van der Waals surface area contributed by atoms with Crippen molar-refractivity contribution in [2.45, 2.75) is 32.4 Å². The molecule has 0 radical (unpaired) electrons. The lowest BCUT2D eigenvalue weighted by molar-refractivity contribution is 0.205. The second-order valence-corrected chi connectivity index (χ2v) is 5.25. The molecule has 0 spiro atoms. The zero-order valence-electron chi connectivity index (χ0n) is 11.3. The van der Waals surface area contributed by atoms with Crippen molar-refractivity contribution >= 4 is 23.4 Å². The highest BCUT2D eigenvalue weighted by atomic mass is 35.5. The number of rotatable bonds is 2. The van der Waals surface area contributed by atoms with E-state index in [1.165, 1.54) is 10.9 Å². The van der Waals surface area contributed by atoms with Crippen LogP contribution in [0.3, 0.4) is 0 Å². The van der Waals surface area contributed by atoms with Crippen molar-refractivity contribution in [3.8, 4) is 0 Å². The van der Waals surface area contributed by atoms with Crippen LogP contribution in [0.2, 0.25) is 0 Å². The van der Waals surface area contributed by atoms with E-state index < -0.39 is 0 Å². The summed E-state index contributed by atoms with van der Waals surface area (Å²) in [4.78, 5) is 2.48. The molecule has 1 aromatic heterocycles. The molecule has 1 aliphatic rings. The van der Waals surface area contributed by atoms with E-state index in [0.29, 0.717) is 6.04 Å². The number of fused-ring (bicyclic) bond motifs is 1. The van der Waals surface area contributed by atoms with Crippen LogP contribution in [-0.2, 0) is 6.54 Å². The van der Waals surface area contributed by atoms with Crippen LogP contribution in [-0.4, -0.2) is 24.0 Å². The summed E-state index contributed by atoms with van der Waals surface area (Å²) in [6.07, 6.45) is 2.21. The Hall–Kier alpha value is -1.03. The van der Waals surface area contributed by atoms with Crippen LogP contribution in [0.4, 0.5) is 0 Å². The van der Waals surface area contributed by atoms with E-state index in [-0.39, 0.29) is 12.4 Å². The number of benzene rings is 1. The lowest BCUT2D eigenvalue weighted by Gasteiger charge is -2.29. The third-order valence-corrected chi connectivity index (χ3v) is 3.91. The van der Waals surface area contributed by atoms with Crippen molar-refractivity contribution in [2.24, 2.45) is 5.73 Å². The average molecular weight is 281 g/mol. The van der Waals surface area contributed by atoms with E-state index in [1.54, 1.807) is 0 Å². The number of para-hydroxylation sites is 1. The minimum absolute atomic E-state index is 0. The number of hydrogen-bond acceptors (Lipinski definition) is 3. The summed E-state index contributed by atoms with van der Waals surface area (Å²) in [5, 5.41) is 1.25. The van der Waals surface area contributed by atoms with Gasteiger partial charge in [0.15, 0.2) is 0 Å². The standard InChI is InChI=1S/C15H20N2O.ClH/c1-11-14(10-17-8-6-12(16)7-9-17)13-4-2-3-5-15(13)18-11;/h2-5,12H,6-10,16H2,1H3;1H. The highest BCUT2D eigenvalue weighted by Crippen LogP contribution is 2.27. The zero-order chi connectivity index (χ0) is 12.5. The molecule has 0 bridgehead atoms. The normalized spacial score (nSPS) is 17.6. The van der Waals surface area contributed by atoms with Gasteiger partial charge in [-0.3, -0.25) is 4.90 Å². The Morgan fingerprint density at radius 2 is 1.95 bits per heavy atom. The van der Waals surface area contributed by atoms with Gasteiger partial charge in [-0.25, -0.2) is 0 Å². The summed E-state index contributed by atoms with van der Waals surface area (Å²) in [5.41, 5.74) is 8.28. The second-order valence-electron chi connectivity index (χ2n) is 5.25. The Labute approximate surface area is 120 Å². The first kappa shape index (κ1) is 14.4. The molecule has 0 saturated carbocycles. The van der Waals surface area contributed by atoms with Gasteiger partial charge in [-0.05, 0) is 38.9 Å². The molecule has 1 fully saturated rings. The third-order valence-electron chi connectivity index (χ3n) is 3.91. The molecule has 2 N–H and O–H groups in total. The summed E-state index contributed by atoms with van der Waals surface area (Å²) in [6.45, 7) is 5.24. The zero-order valence-corrected chi connectivity index (χ0v) is 12.1. The fraction of sp³-hybridized carbons (Fsp3) is 0.467. The van der Waals surface area contributed by atoms with Gasteiger partial charge in [0.05, 0.1) is 0 Å². The molecule has 19 heavy (non-hydrogen) atoms. The maximum absolute atomic E-state index is 5.95. The molecular formula is C15H21ClN2O. The predicted molar refractivity (Wildman–Crippen MR) is 80.7 cm³/mol. The Morgan fingerprint density at radius 3 is 2.68 bits per heavy atom. The van der Waals surface area contributed by atoms with Gasteiger partial charge >= 0.3 is 0 Å². The van der Waals surface area contributed by atoms with E-state index in [2.05, 4.69) is 24.0 Å². The highest BCUT2D eigenvalue weighted by molar-refractivity contribution is 5.85. The van der Waals surface area contributed by atoms with E-state index >= 15 is 0 Å². The molecule has 3 rings (SSSR count). The van der Waals surface area contributed by atoms with Crippen LogP contribution < -0.4 is 5.73 Å². The van der Waals surface area contributed by atoms with Crippen molar-refractivity contribution in [3.05, 3.63) is 35.6 Å². The molecule has 0 atom stereocenters. The lowest BCUT2D eigenvalue weighted by atomic mass is 10.0. The van der Waals surface area contributed by atoms with Crippen LogP contribution in [0.1, 0.15) is 24.2 Å². The van der Waals surface area contributed by atoms with Gasteiger partial charge in [-0.15, -0.1) is 12.4 Å². The van der Waals surface area contributed by atoms with Crippen LogP contribution >= 0.6 is 12.4 Å². The molecule has 3 nitrogen and oxygen atoms in total. The van der Waals surface area contributed by atoms with Gasteiger partial charge in [0, 0.05) is 23.5 Å². The molecule has 2 heterocycles. The summed E-state index contributed by atoms with van der Waals surface area (Å²) >= 11 is 0. The summed E-state index contributed by atoms with van der Waals surface area (Å²) in [6, 6.07) is 8.68. The van der Waals surface area contributed by atoms with E-state index in [0.717, 1.165) is 43.8 Å². The molecule has 1 saturated heterocycles. The fourth-order valence-electron chi connectivity index (χ4n) is 2.75. The van der Waals surface area contributed by atoms with Crippen molar-refractivity contribution in [3.63, 3.8) is 0 Å². The maximum Gasteiger partial charge on any atom is 0.134 e. The highest BCUT2D eigenvalue weighted by Gasteiger charge is 2.19. The van der Waals surface area contributed by atoms with E-state index in [4.69, 9.17) is 10.2 Å². The number of piperidine rings is 1. The summed E-state index contributed by atoms with van der Waals surface area (Å²) < 4.78 is 5.81. The Balaban J connectivity index is 0.00000133. The number of nitrogens with zero attached hydrogens (tertiary/aromatic N) is 1. The minimum Gasteiger partial charge on any atom is -0.461 e. The smallest absolute Gasteiger partial charge is 0.134 e. The first-order valence-electron chi connectivity index (χ1n) is 6.69. The summed E-state index contributed by atoms with van der Waals surface area (Å²) in [7, 11) is 0. The van der Waals surface area contributed by atoms with Gasteiger partial charge in [0.25, 0.3) is 0 Å². The molecular weight excluding hydrogens is 260 g/mol. The minimum atomic E-state index is 0. The van der Waals surface area contributed by atoms with Gasteiger partial charge < -0.3 is 10.2 Å². The lowest BCUT2D eigenvalue weighted by Crippen LogP contribution is -2.39. The Kier molecular flexibility index (Phi) is 4.50. The molecule has 0 unspecified atom stereocenters. The second kappa shape index (κ2) is 5.95. The molecule has 4 heteroatoms. The van der Waals surface area contributed by atoms with E-state index in [9.17, 15) is 0 Å². The molecule has 0 aliphatic carbocycles. The first-order valence-corrected chi connectivity index (χ1v) is 6.69. The number of halogens is 1. The number of hydrogen-bond donors (Lipinski definition) is 1. The Bertz CT molecular complexity index is 544.